The number of halogens is 1. The molecule has 6 nitrogen and oxygen atoms in total. The number of hydrogen-bond acceptors (Lipinski definition) is 5. The lowest BCUT2D eigenvalue weighted by Gasteiger charge is -2.21. The zero-order valence-electron chi connectivity index (χ0n) is 13.4. The van der Waals surface area contributed by atoms with Crippen LogP contribution in [0, 0.1) is 6.92 Å². The second-order valence-corrected chi connectivity index (χ2v) is 6.29. The third kappa shape index (κ3) is 3.64. The van der Waals surface area contributed by atoms with Gasteiger partial charge in [-0.25, -0.2) is 0 Å². The van der Waals surface area contributed by atoms with Crippen LogP contribution in [0.4, 0.5) is 0 Å². The van der Waals surface area contributed by atoms with Crippen molar-refractivity contribution in [3.05, 3.63) is 46.6 Å². The van der Waals surface area contributed by atoms with Crippen LogP contribution >= 0.6 is 11.6 Å². The first kappa shape index (κ1) is 16.6. The summed E-state index contributed by atoms with van der Waals surface area (Å²) in [5.41, 5.74) is 0.567. The molecule has 1 unspecified atom stereocenters. The van der Waals surface area contributed by atoms with E-state index in [9.17, 15) is 9.59 Å². The fourth-order valence-corrected chi connectivity index (χ4v) is 3.04. The molecule has 1 atom stereocenters. The number of carbonyl (C=O) groups is 2. The summed E-state index contributed by atoms with van der Waals surface area (Å²) in [6.07, 6.45) is 2.04. The van der Waals surface area contributed by atoms with E-state index >= 15 is 0 Å². The molecule has 1 aromatic carbocycles. The number of benzene rings is 1. The summed E-state index contributed by atoms with van der Waals surface area (Å²) in [5, 5.41) is 4.37. The molecule has 0 N–H and O–H groups in total. The second-order valence-electron chi connectivity index (χ2n) is 5.86. The van der Waals surface area contributed by atoms with E-state index in [4.69, 9.17) is 16.1 Å². The molecule has 0 radical (unpaired) electrons. The Balaban J connectivity index is 1.60. The molecule has 1 aliphatic heterocycles. The molecule has 126 valence electrons. The monoisotopic (exact) mass is 347 g/mol. The van der Waals surface area contributed by atoms with Crippen LogP contribution < -0.4 is 0 Å². The topological polar surface area (TPSA) is 76.3 Å². The van der Waals surface area contributed by atoms with Crippen molar-refractivity contribution in [3.8, 4) is 0 Å². The number of aromatic nitrogens is 2. The lowest BCUT2D eigenvalue weighted by molar-refractivity contribution is -0.132. The molecule has 2 heterocycles. The fraction of sp³-hybridized carbons (Fsp3) is 0.412. The number of Topliss-reactive ketones (excluding diaryl/α,β-unsaturated/α-hetero) is 1. The fourth-order valence-electron chi connectivity index (χ4n) is 2.91. The normalized spacial score (nSPS) is 17.2. The van der Waals surface area contributed by atoms with E-state index in [2.05, 4.69) is 10.1 Å². The Bertz CT molecular complexity index is 742. The van der Waals surface area contributed by atoms with Crippen LogP contribution in [-0.4, -0.2) is 33.3 Å². The van der Waals surface area contributed by atoms with E-state index in [1.165, 1.54) is 0 Å². The Morgan fingerprint density at radius 3 is 2.71 bits per heavy atom. The summed E-state index contributed by atoms with van der Waals surface area (Å²) >= 11 is 5.81. The summed E-state index contributed by atoms with van der Waals surface area (Å²) in [6, 6.07) is 6.52. The molecule has 0 bridgehead atoms. The summed E-state index contributed by atoms with van der Waals surface area (Å²) in [7, 11) is 0. The summed E-state index contributed by atoms with van der Waals surface area (Å²) in [6.45, 7) is 2.40. The molecule has 3 rings (SSSR count). The van der Waals surface area contributed by atoms with Crippen molar-refractivity contribution >= 4 is 23.3 Å². The highest BCUT2D eigenvalue weighted by Gasteiger charge is 2.33. The van der Waals surface area contributed by atoms with Gasteiger partial charge in [0.25, 0.3) is 0 Å². The molecule has 7 heteroatoms. The van der Waals surface area contributed by atoms with Gasteiger partial charge in [0.1, 0.15) is 6.04 Å². The highest BCUT2D eigenvalue weighted by atomic mass is 35.5. The van der Waals surface area contributed by atoms with Crippen LogP contribution in [0.2, 0.25) is 5.02 Å². The summed E-state index contributed by atoms with van der Waals surface area (Å²) in [5.74, 6) is 0.907. The van der Waals surface area contributed by atoms with Gasteiger partial charge in [-0.2, -0.15) is 4.98 Å². The van der Waals surface area contributed by atoms with Gasteiger partial charge in [0.05, 0.1) is 0 Å². The minimum atomic E-state index is -0.177. The third-order valence-corrected chi connectivity index (χ3v) is 4.39. The van der Waals surface area contributed by atoms with Gasteiger partial charge in [-0.05, 0) is 44.0 Å². The number of amides is 1. The highest BCUT2D eigenvalue weighted by molar-refractivity contribution is 6.30. The Morgan fingerprint density at radius 2 is 2.04 bits per heavy atom. The highest BCUT2D eigenvalue weighted by Crippen LogP contribution is 2.31. The minimum Gasteiger partial charge on any atom is -0.337 e. The Morgan fingerprint density at radius 1 is 1.29 bits per heavy atom. The first-order chi connectivity index (χ1) is 11.5. The number of rotatable bonds is 5. The average Bonchev–Trinajstić information content (AvgIpc) is 3.21. The SMILES string of the molecule is Cc1noc(C2CCCN2C(=O)CCC(=O)c2ccc(Cl)cc2)n1. The number of nitrogens with zero attached hydrogens (tertiary/aromatic N) is 3. The van der Waals surface area contributed by atoms with Gasteiger partial charge in [0.2, 0.25) is 11.8 Å². The second kappa shape index (κ2) is 7.13. The molecule has 0 spiro atoms. The van der Waals surface area contributed by atoms with Gasteiger partial charge in [-0.1, -0.05) is 16.8 Å². The van der Waals surface area contributed by atoms with Gasteiger partial charge in [-0.3, -0.25) is 9.59 Å². The van der Waals surface area contributed by atoms with E-state index in [-0.39, 0.29) is 30.6 Å². The van der Waals surface area contributed by atoms with Crippen molar-refractivity contribution in [2.24, 2.45) is 0 Å². The predicted molar refractivity (Wildman–Crippen MR) is 87.7 cm³/mol. The van der Waals surface area contributed by atoms with Crippen LogP contribution in [0.15, 0.2) is 28.8 Å². The van der Waals surface area contributed by atoms with Crippen LogP contribution in [-0.2, 0) is 4.79 Å². The molecule has 1 amide bonds. The molecule has 1 saturated heterocycles. The molecule has 24 heavy (non-hydrogen) atoms. The van der Waals surface area contributed by atoms with Gasteiger partial charge in [0, 0.05) is 30.0 Å². The lowest BCUT2D eigenvalue weighted by atomic mass is 10.1. The number of aryl methyl sites for hydroxylation is 1. The number of ketones is 1. The third-order valence-electron chi connectivity index (χ3n) is 4.13. The number of likely N-dealkylation sites (tertiary alicyclic amines) is 1. The van der Waals surface area contributed by atoms with Crippen molar-refractivity contribution in [1.82, 2.24) is 15.0 Å². The molecular formula is C17H18ClN3O3. The maximum absolute atomic E-state index is 12.5. The molecule has 1 aromatic heterocycles. The quantitative estimate of drug-likeness (QED) is 0.775. The van der Waals surface area contributed by atoms with Crippen LogP contribution in [0.5, 0.6) is 0 Å². The molecule has 1 fully saturated rings. The standard InChI is InChI=1S/C17H18ClN3O3/c1-11-19-17(24-20-11)14-3-2-10-21(14)16(23)9-8-15(22)12-4-6-13(18)7-5-12/h4-7,14H,2-3,8-10H2,1H3. The van der Waals surface area contributed by atoms with E-state index in [1.807, 2.05) is 0 Å². The van der Waals surface area contributed by atoms with Crippen LogP contribution in [0.3, 0.4) is 0 Å². The van der Waals surface area contributed by atoms with Gasteiger partial charge in [0.15, 0.2) is 11.6 Å². The molecule has 1 aliphatic rings. The van der Waals surface area contributed by atoms with E-state index in [0.717, 1.165) is 12.8 Å². The predicted octanol–water partition coefficient (Wildman–Crippen LogP) is 3.36. The average molecular weight is 348 g/mol. The van der Waals surface area contributed by atoms with E-state index in [0.29, 0.717) is 28.8 Å². The largest absolute Gasteiger partial charge is 0.337 e. The lowest BCUT2D eigenvalue weighted by Crippen LogP contribution is -2.31. The van der Waals surface area contributed by atoms with Crippen LogP contribution in [0.25, 0.3) is 0 Å². The first-order valence-corrected chi connectivity index (χ1v) is 8.31. The zero-order chi connectivity index (χ0) is 17.1. The summed E-state index contributed by atoms with van der Waals surface area (Å²) < 4.78 is 5.20. The minimum absolute atomic E-state index is 0.0596. The van der Waals surface area contributed by atoms with Crippen molar-refractivity contribution in [2.75, 3.05) is 6.54 Å². The Labute approximate surface area is 144 Å². The van der Waals surface area contributed by atoms with Crippen molar-refractivity contribution in [3.63, 3.8) is 0 Å². The molecule has 2 aromatic rings. The molecule has 0 aliphatic carbocycles. The Hall–Kier alpha value is -2.21. The zero-order valence-corrected chi connectivity index (χ0v) is 14.1. The van der Waals surface area contributed by atoms with Crippen molar-refractivity contribution in [1.29, 1.82) is 0 Å². The van der Waals surface area contributed by atoms with E-state index in [1.54, 1.807) is 36.1 Å². The maximum Gasteiger partial charge on any atom is 0.249 e. The van der Waals surface area contributed by atoms with Gasteiger partial charge < -0.3 is 9.42 Å². The van der Waals surface area contributed by atoms with E-state index < -0.39 is 0 Å². The molecular weight excluding hydrogens is 330 g/mol. The Kier molecular flexibility index (Phi) is 4.94. The van der Waals surface area contributed by atoms with Gasteiger partial charge in [-0.15, -0.1) is 0 Å². The molecule has 0 saturated carbocycles. The maximum atomic E-state index is 12.5. The number of hydrogen-bond donors (Lipinski definition) is 0. The smallest absolute Gasteiger partial charge is 0.249 e. The van der Waals surface area contributed by atoms with Crippen molar-refractivity contribution < 1.29 is 14.1 Å². The first-order valence-electron chi connectivity index (χ1n) is 7.93. The number of carbonyl (C=O) groups excluding carboxylic acids is 2. The van der Waals surface area contributed by atoms with Crippen LogP contribution in [0.1, 0.15) is 53.8 Å². The summed E-state index contributed by atoms with van der Waals surface area (Å²) in [4.78, 5) is 30.6. The van der Waals surface area contributed by atoms with Crippen molar-refractivity contribution in [2.45, 2.75) is 38.6 Å². The van der Waals surface area contributed by atoms with Gasteiger partial charge >= 0.3 is 0 Å².